The van der Waals surface area contributed by atoms with Crippen molar-refractivity contribution in [3.8, 4) is 11.5 Å². The summed E-state index contributed by atoms with van der Waals surface area (Å²) in [5.74, 6) is -2.11. The third-order valence-corrected chi connectivity index (χ3v) is 7.48. The molecule has 5 rings (SSSR count). The molecule has 0 saturated heterocycles. The van der Waals surface area contributed by atoms with Gasteiger partial charge in [0, 0.05) is 42.2 Å². The van der Waals surface area contributed by atoms with Gasteiger partial charge >= 0.3 is 5.69 Å². The zero-order valence-corrected chi connectivity index (χ0v) is 24.6. The highest BCUT2D eigenvalue weighted by Gasteiger charge is 2.27. The van der Waals surface area contributed by atoms with Crippen molar-refractivity contribution in [1.82, 2.24) is 15.5 Å². The lowest BCUT2D eigenvalue weighted by Gasteiger charge is -2.25. The maximum atomic E-state index is 14.4. The Morgan fingerprint density at radius 3 is 2.58 bits per heavy atom. The molecule has 12 heteroatoms. The van der Waals surface area contributed by atoms with Gasteiger partial charge in [-0.15, -0.1) is 0 Å². The number of nitrogens with one attached hydrogen (secondary N) is 2. The molecule has 230 valence electrons. The number of benzene rings is 4. The van der Waals surface area contributed by atoms with E-state index in [1.165, 1.54) is 23.1 Å². The summed E-state index contributed by atoms with van der Waals surface area (Å²) in [5, 5.41) is 17.9. The summed E-state index contributed by atoms with van der Waals surface area (Å²) in [6, 6.07) is 22.3. The van der Waals surface area contributed by atoms with Crippen LogP contribution in [0.15, 0.2) is 91.0 Å². The maximum absolute atomic E-state index is 14.4. The third kappa shape index (κ3) is 8.01. The van der Waals surface area contributed by atoms with Crippen LogP contribution in [0.4, 0.5) is 10.1 Å². The number of nitro benzene ring substituents is 1. The van der Waals surface area contributed by atoms with Crippen molar-refractivity contribution in [3.05, 3.63) is 134 Å². The molecule has 0 fully saturated rings. The smallest absolute Gasteiger partial charge is 0.311 e. The number of rotatable bonds is 7. The molecule has 45 heavy (non-hydrogen) atoms. The van der Waals surface area contributed by atoms with Gasteiger partial charge in [0.25, 0.3) is 5.91 Å². The Balaban J connectivity index is 1.47. The van der Waals surface area contributed by atoms with E-state index < -0.39 is 41.0 Å². The summed E-state index contributed by atoms with van der Waals surface area (Å²) >= 11 is 5.96. The highest BCUT2D eigenvalue weighted by atomic mass is 35.5. The zero-order chi connectivity index (χ0) is 31.9. The van der Waals surface area contributed by atoms with Gasteiger partial charge in [-0.1, -0.05) is 54.1 Å². The molecule has 4 bridgehead atoms. The van der Waals surface area contributed by atoms with Gasteiger partial charge in [0.1, 0.15) is 17.6 Å². The van der Waals surface area contributed by atoms with Gasteiger partial charge < -0.3 is 20.3 Å². The van der Waals surface area contributed by atoms with Gasteiger partial charge in [-0.2, -0.15) is 0 Å². The van der Waals surface area contributed by atoms with Gasteiger partial charge in [-0.05, 0) is 59.5 Å². The quantitative estimate of drug-likeness (QED) is 0.213. The first kappa shape index (κ1) is 31.1. The molecule has 1 unspecified atom stereocenters. The topological polar surface area (TPSA) is 131 Å². The summed E-state index contributed by atoms with van der Waals surface area (Å²) in [6.45, 7) is -0.328. The van der Waals surface area contributed by atoms with Crippen LogP contribution in [0.25, 0.3) is 0 Å². The number of nitro groups is 1. The number of nitrogens with zero attached hydrogens (tertiary/aromatic N) is 2. The number of carbonyl (C=O) groups excluding carboxylic acids is 3. The van der Waals surface area contributed by atoms with Crippen molar-refractivity contribution < 1.29 is 28.4 Å². The van der Waals surface area contributed by atoms with E-state index in [-0.39, 0.29) is 48.7 Å². The SMILES string of the molecule is O=C1CN(CCc2ccccc2F)C(=O)c2ccc([N+](=O)[O-])c(c2)Oc2cccc(c2)CC(C(=O)NCc2ccc(Cl)cc2)N1. The first-order valence-electron chi connectivity index (χ1n) is 14.1. The molecule has 4 aromatic carbocycles. The highest BCUT2D eigenvalue weighted by Crippen LogP contribution is 2.33. The van der Waals surface area contributed by atoms with Gasteiger partial charge in [-0.25, -0.2) is 4.39 Å². The number of carbonyl (C=O) groups is 3. The van der Waals surface area contributed by atoms with Crippen LogP contribution >= 0.6 is 11.6 Å². The number of hydrogen-bond acceptors (Lipinski definition) is 6. The standard InChI is InChI=1S/C33H28ClFN4O6/c34-25-11-8-21(9-12-25)19-36-32(41)28-17-22-4-3-6-26(16-22)45-30-18-24(10-13-29(30)39(43)44)33(42)38(20-31(40)37-28)15-14-23-5-1-2-7-27(23)35/h1-13,16,18,28H,14-15,17,19-20H2,(H,36,41)(H,37,40). The lowest BCUT2D eigenvalue weighted by molar-refractivity contribution is -0.385. The fourth-order valence-corrected chi connectivity index (χ4v) is 5.03. The molecular weight excluding hydrogens is 603 g/mol. The minimum Gasteiger partial charge on any atom is -0.450 e. The monoisotopic (exact) mass is 630 g/mol. The Morgan fingerprint density at radius 1 is 1.04 bits per heavy atom. The normalized spacial score (nSPS) is 15.0. The predicted molar refractivity (Wildman–Crippen MR) is 165 cm³/mol. The number of halogens is 2. The molecule has 0 aliphatic carbocycles. The number of ether oxygens (including phenoxy) is 1. The van der Waals surface area contributed by atoms with E-state index in [1.54, 1.807) is 66.7 Å². The van der Waals surface area contributed by atoms with Crippen molar-refractivity contribution in [2.24, 2.45) is 0 Å². The molecule has 0 radical (unpaired) electrons. The summed E-state index contributed by atoms with van der Waals surface area (Å²) < 4.78 is 20.3. The third-order valence-electron chi connectivity index (χ3n) is 7.23. The Morgan fingerprint density at radius 2 is 1.82 bits per heavy atom. The van der Waals surface area contributed by atoms with Gasteiger partial charge in [0.05, 0.1) is 11.5 Å². The second-order valence-electron chi connectivity index (χ2n) is 10.4. The van der Waals surface area contributed by atoms with E-state index in [4.69, 9.17) is 16.3 Å². The largest absolute Gasteiger partial charge is 0.450 e. The van der Waals surface area contributed by atoms with Crippen LogP contribution in [0, 0.1) is 15.9 Å². The molecule has 3 amide bonds. The van der Waals surface area contributed by atoms with E-state index >= 15 is 0 Å². The van der Waals surface area contributed by atoms with E-state index in [9.17, 15) is 28.9 Å². The van der Waals surface area contributed by atoms with Crippen LogP contribution in [0.2, 0.25) is 5.02 Å². The molecule has 10 nitrogen and oxygen atoms in total. The maximum Gasteiger partial charge on any atom is 0.311 e. The van der Waals surface area contributed by atoms with Gasteiger partial charge in [-0.3, -0.25) is 24.5 Å². The summed E-state index contributed by atoms with van der Waals surface area (Å²) in [7, 11) is 0. The summed E-state index contributed by atoms with van der Waals surface area (Å²) in [5.41, 5.74) is 1.42. The van der Waals surface area contributed by atoms with Crippen LogP contribution < -0.4 is 15.4 Å². The summed E-state index contributed by atoms with van der Waals surface area (Å²) in [6.07, 6.45) is 0.151. The molecule has 1 aliphatic rings. The molecular formula is C33H28ClFN4O6. The summed E-state index contributed by atoms with van der Waals surface area (Å²) in [4.78, 5) is 52.9. The molecule has 0 aromatic heterocycles. The Labute approximate surface area is 262 Å². The van der Waals surface area contributed by atoms with Crippen molar-refractivity contribution in [2.75, 3.05) is 13.1 Å². The van der Waals surface area contributed by atoms with Crippen molar-refractivity contribution >= 4 is 35.0 Å². The zero-order valence-electron chi connectivity index (χ0n) is 23.9. The van der Waals surface area contributed by atoms with Crippen LogP contribution in [-0.4, -0.2) is 46.7 Å². The van der Waals surface area contributed by atoms with E-state index in [2.05, 4.69) is 10.6 Å². The van der Waals surface area contributed by atoms with Gasteiger partial charge in [0.2, 0.25) is 17.6 Å². The van der Waals surface area contributed by atoms with Crippen LogP contribution in [0.5, 0.6) is 11.5 Å². The first-order valence-corrected chi connectivity index (χ1v) is 14.4. The van der Waals surface area contributed by atoms with Gasteiger partial charge in [0.15, 0.2) is 0 Å². The Hall–Kier alpha value is -5.29. The van der Waals surface area contributed by atoms with Crippen LogP contribution in [0.3, 0.4) is 0 Å². The van der Waals surface area contributed by atoms with Crippen LogP contribution in [-0.2, 0) is 29.0 Å². The molecule has 0 spiro atoms. The second-order valence-corrected chi connectivity index (χ2v) is 10.9. The minimum atomic E-state index is -1.04. The lowest BCUT2D eigenvalue weighted by atomic mass is 10.0. The lowest BCUT2D eigenvalue weighted by Crippen LogP contribution is -2.51. The minimum absolute atomic E-state index is 0.0300. The predicted octanol–water partition coefficient (Wildman–Crippen LogP) is 5.22. The Kier molecular flexibility index (Phi) is 9.69. The average Bonchev–Trinajstić information content (AvgIpc) is 3.02. The molecule has 4 aromatic rings. The molecule has 1 aliphatic heterocycles. The van der Waals surface area contributed by atoms with Crippen molar-refractivity contribution in [2.45, 2.75) is 25.4 Å². The Bertz CT molecular complexity index is 1750. The first-order chi connectivity index (χ1) is 21.7. The van der Waals surface area contributed by atoms with Crippen molar-refractivity contribution in [1.29, 1.82) is 0 Å². The van der Waals surface area contributed by atoms with E-state index in [1.807, 2.05) is 0 Å². The molecule has 1 atom stereocenters. The van der Waals surface area contributed by atoms with Crippen LogP contribution in [0.1, 0.15) is 27.0 Å². The highest BCUT2D eigenvalue weighted by molar-refractivity contribution is 6.30. The second kappa shape index (κ2) is 14.0. The van der Waals surface area contributed by atoms with E-state index in [0.717, 1.165) is 11.6 Å². The number of fused-ring (bicyclic) bond motifs is 4. The molecule has 2 N–H and O–H groups in total. The molecule has 1 heterocycles. The molecule has 0 saturated carbocycles. The number of amides is 3. The van der Waals surface area contributed by atoms with Crippen molar-refractivity contribution in [3.63, 3.8) is 0 Å². The fourth-order valence-electron chi connectivity index (χ4n) is 4.91. The van der Waals surface area contributed by atoms with E-state index in [0.29, 0.717) is 16.1 Å². The average molecular weight is 631 g/mol. The fraction of sp³-hybridized carbons (Fsp3) is 0.182. The number of hydrogen-bond donors (Lipinski definition) is 2.